The van der Waals surface area contributed by atoms with E-state index in [0.29, 0.717) is 6.04 Å². The van der Waals surface area contributed by atoms with E-state index in [1.807, 2.05) is 7.05 Å². The molecule has 0 atom stereocenters. The molecule has 1 N–H and O–H groups in total. The van der Waals surface area contributed by atoms with Crippen molar-refractivity contribution < 1.29 is 0 Å². The minimum absolute atomic E-state index is 0.645. The van der Waals surface area contributed by atoms with Gasteiger partial charge in [0.15, 0.2) is 5.82 Å². The SMILES string of the molecule is CNc1cc(C2CC2)cnc1N1CCN(C(C)C)CC1. The molecule has 2 heterocycles. The summed E-state index contributed by atoms with van der Waals surface area (Å²) in [4.78, 5) is 9.70. The van der Waals surface area contributed by atoms with Crippen LogP contribution in [0.5, 0.6) is 0 Å². The van der Waals surface area contributed by atoms with Crippen LogP contribution in [-0.2, 0) is 0 Å². The van der Waals surface area contributed by atoms with Crippen molar-refractivity contribution in [3.8, 4) is 0 Å². The zero-order valence-electron chi connectivity index (χ0n) is 12.9. The molecule has 1 aliphatic carbocycles. The smallest absolute Gasteiger partial charge is 0.152 e. The number of nitrogens with zero attached hydrogens (tertiary/aromatic N) is 3. The molecule has 2 fully saturated rings. The van der Waals surface area contributed by atoms with E-state index in [1.165, 1.54) is 24.1 Å². The molecule has 3 rings (SSSR count). The van der Waals surface area contributed by atoms with Gasteiger partial charge >= 0.3 is 0 Å². The highest BCUT2D eigenvalue weighted by atomic mass is 15.3. The van der Waals surface area contributed by atoms with Gasteiger partial charge in [0.25, 0.3) is 0 Å². The molecule has 1 saturated heterocycles. The number of aromatic nitrogens is 1. The second-order valence-corrected chi connectivity index (χ2v) is 6.28. The molecule has 20 heavy (non-hydrogen) atoms. The minimum Gasteiger partial charge on any atom is -0.385 e. The van der Waals surface area contributed by atoms with E-state index in [9.17, 15) is 0 Å². The van der Waals surface area contributed by atoms with Crippen molar-refractivity contribution in [3.63, 3.8) is 0 Å². The third-order valence-electron chi connectivity index (χ3n) is 4.55. The summed E-state index contributed by atoms with van der Waals surface area (Å²) in [7, 11) is 2.00. The van der Waals surface area contributed by atoms with Crippen molar-refractivity contribution in [1.29, 1.82) is 0 Å². The average molecular weight is 274 g/mol. The standard InChI is InChI=1S/C16H26N4/c1-12(2)19-6-8-20(9-7-19)16-15(17-3)10-14(11-18-16)13-4-5-13/h10-13,17H,4-9H2,1-3H3. The lowest BCUT2D eigenvalue weighted by atomic mass is 10.1. The van der Waals surface area contributed by atoms with Crippen LogP contribution < -0.4 is 10.2 Å². The number of rotatable bonds is 4. The van der Waals surface area contributed by atoms with Crippen molar-refractivity contribution in [2.75, 3.05) is 43.4 Å². The Morgan fingerprint density at radius 3 is 2.45 bits per heavy atom. The predicted octanol–water partition coefficient (Wildman–Crippen LogP) is 2.53. The quantitative estimate of drug-likeness (QED) is 0.914. The van der Waals surface area contributed by atoms with Crippen LogP contribution in [0.3, 0.4) is 0 Å². The van der Waals surface area contributed by atoms with Gasteiger partial charge in [-0.25, -0.2) is 4.98 Å². The Hall–Kier alpha value is -1.29. The summed E-state index contributed by atoms with van der Waals surface area (Å²) in [6.07, 6.45) is 4.75. The number of hydrogen-bond acceptors (Lipinski definition) is 4. The first-order chi connectivity index (χ1) is 9.69. The summed E-state index contributed by atoms with van der Waals surface area (Å²) in [5.41, 5.74) is 2.59. The van der Waals surface area contributed by atoms with Gasteiger partial charge in [0.1, 0.15) is 0 Å². The number of pyridine rings is 1. The molecule has 1 aromatic rings. The highest BCUT2D eigenvalue weighted by Gasteiger charge is 2.26. The molecule has 0 radical (unpaired) electrons. The fourth-order valence-corrected chi connectivity index (χ4v) is 3.00. The molecule has 0 amide bonds. The maximum Gasteiger partial charge on any atom is 0.152 e. The lowest BCUT2D eigenvalue weighted by Crippen LogP contribution is -2.49. The van der Waals surface area contributed by atoms with Crippen LogP contribution in [0.2, 0.25) is 0 Å². The maximum absolute atomic E-state index is 4.75. The molecular weight excluding hydrogens is 248 g/mol. The molecule has 1 aromatic heterocycles. The Bertz CT molecular complexity index is 460. The summed E-state index contributed by atoms with van der Waals surface area (Å²) < 4.78 is 0. The van der Waals surface area contributed by atoms with Crippen LogP contribution in [0, 0.1) is 0 Å². The van der Waals surface area contributed by atoms with Crippen LogP contribution >= 0.6 is 0 Å². The normalized spacial score (nSPS) is 20.5. The van der Waals surface area contributed by atoms with E-state index in [4.69, 9.17) is 4.98 Å². The number of anilines is 2. The van der Waals surface area contributed by atoms with Crippen LogP contribution in [0.15, 0.2) is 12.3 Å². The van der Waals surface area contributed by atoms with Gasteiger partial charge < -0.3 is 10.2 Å². The van der Waals surface area contributed by atoms with E-state index in [1.54, 1.807) is 0 Å². The van der Waals surface area contributed by atoms with E-state index in [0.717, 1.165) is 37.9 Å². The van der Waals surface area contributed by atoms with Gasteiger partial charge in [0, 0.05) is 45.5 Å². The van der Waals surface area contributed by atoms with Gasteiger partial charge in [-0.1, -0.05) is 0 Å². The van der Waals surface area contributed by atoms with Crippen LogP contribution in [-0.4, -0.2) is 49.2 Å². The molecule has 0 unspecified atom stereocenters. The molecule has 1 saturated carbocycles. The van der Waals surface area contributed by atoms with Crippen molar-refractivity contribution >= 4 is 11.5 Å². The Balaban J connectivity index is 1.73. The fraction of sp³-hybridized carbons (Fsp3) is 0.688. The highest BCUT2D eigenvalue weighted by molar-refractivity contribution is 5.66. The predicted molar refractivity (Wildman–Crippen MR) is 84.7 cm³/mol. The summed E-state index contributed by atoms with van der Waals surface area (Å²) in [6.45, 7) is 8.96. The fourth-order valence-electron chi connectivity index (χ4n) is 3.00. The van der Waals surface area contributed by atoms with Gasteiger partial charge in [-0.05, 0) is 44.2 Å². The van der Waals surface area contributed by atoms with E-state index >= 15 is 0 Å². The van der Waals surface area contributed by atoms with Crippen LogP contribution in [0.4, 0.5) is 11.5 Å². The van der Waals surface area contributed by atoms with Crippen molar-refractivity contribution in [2.45, 2.75) is 38.6 Å². The van der Waals surface area contributed by atoms with E-state index in [2.05, 4.69) is 41.2 Å². The van der Waals surface area contributed by atoms with Gasteiger partial charge in [0.05, 0.1) is 5.69 Å². The maximum atomic E-state index is 4.75. The number of nitrogens with one attached hydrogen (secondary N) is 1. The largest absolute Gasteiger partial charge is 0.385 e. The Kier molecular flexibility index (Phi) is 3.83. The molecule has 0 aromatic carbocycles. The third kappa shape index (κ3) is 2.75. The number of hydrogen-bond donors (Lipinski definition) is 1. The van der Waals surface area contributed by atoms with Crippen molar-refractivity contribution in [1.82, 2.24) is 9.88 Å². The van der Waals surface area contributed by atoms with Crippen LogP contribution in [0.1, 0.15) is 38.2 Å². The summed E-state index contributed by atoms with van der Waals surface area (Å²) in [6, 6.07) is 2.94. The summed E-state index contributed by atoms with van der Waals surface area (Å²) in [5.74, 6) is 1.89. The molecule has 1 aliphatic heterocycles. The Morgan fingerprint density at radius 2 is 1.90 bits per heavy atom. The van der Waals surface area contributed by atoms with Gasteiger partial charge in [0.2, 0.25) is 0 Å². The molecular formula is C16H26N4. The molecule has 2 aliphatic rings. The van der Waals surface area contributed by atoms with Crippen molar-refractivity contribution in [2.24, 2.45) is 0 Å². The highest BCUT2D eigenvalue weighted by Crippen LogP contribution is 2.41. The van der Waals surface area contributed by atoms with Gasteiger partial charge in [-0.2, -0.15) is 0 Å². The topological polar surface area (TPSA) is 31.4 Å². The molecule has 4 nitrogen and oxygen atoms in total. The first kappa shape index (κ1) is 13.7. The molecule has 4 heteroatoms. The Labute approximate surface area is 122 Å². The molecule has 0 spiro atoms. The lowest BCUT2D eigenvalue weighted by Gasteiger charge is -2.38. The van der Waals surface area contributed by atoms with E-state index < -0.39 is 0 Å². The molecule has 0 bridgehead atoms. The third-order valence-corrected chi connectivity index (χ3v) is 4.55. The van der Waals surface area contributed by atoms with E-state index in [-0.39, 0.29) is 0 Å². The zero-order valence-corrected chi connectivity index (χ0v) is 12.9. The van der Waals surface area contributed by atoms with Gasteiger partial charge in [-0.15, -0.1) is 0 Å². The average Bonchev–Trinajstić information content (AvgIpc) is 3.31. The van der Waals surface area contributed by atoms with Crippen molar-refractivity contribution in [3.05, 3.63) is 17.8 Å². The Morgan fingerprint density at radius 1 is 1.20 bits per heavy atom. The lowest BCUT2D eigenvalue weighted by molar-refractivity contribution is 0.209. The summed E-state index contributed by atoms with van der Waals surface area (Å²) >= 11 is 0. The minimum atomic E-state index is 0.645. The monoisotopic (exact) mass is 274 g/mol. The summed E-state index contributed by atoms with van der Waals surface area (Å²) in [5, 5.41) is 3.33. The zero-order chi connectivity index (χ0) is 14.1. The number of piperazine rings is 1. The second kappa shape index (κ2) is 5.60. The first-order valence-corrected chi connectivity index (χ1v) is 7.85. The first-order valence-electron chi connectivity index (χ1n) is 7.85. The van der Waals surface area contributed by atoms with Crippen LogP contribution in [0.25, 0.3) is 0 Å². The second-order valence-electron chi connectivity index (χ2n) is 6.28. The van der Waals surface area contributed by atoms with Gasteiger partial charge in [-0.3, -0.25) is 4.90 Å². The molecule has 110 valence electrons.